The third-order valence-corrected chi connectivity index (χ3v) is 3.02. The lowest BCUT2D eigenvalue weighted by Gasteiger charge is -2.25. The number of rotatable bonds is 4. The van der Waals surface area contributed by atoms with Crippen molar-refractivity contribution in [1.82, 2.24) is 4.90 Å². The average molecular weight is 276 g/mol. The van der Waals surface area contributed by atoms with Crippen LogP contribution in [-0.4, -0.2) is 28.7 Å². The Morgan fingerprint density at radius 3 is 2.79 bits per heavy atom. The summed E-state index contributed by atoms with van der Waals surface area (Å²) in [6.07, 6.45) is 0. The number of carbonyl (C=O) groups is 1. The Kier molecular flexibility index (Phi) is 4.62. The third-order valence-electron chi connectivity index (χ3n) is 1.98. The van der Waals surface area contributed by atoms with Crippen LogP contribution in [0.15, 0.2) is 16.8 Å². The number of hydrogen-bond acceptors (Lipinski definition) is 2. The molecule has 0 spiro atoms. The number of thiophene rings is 1. The van der Waals surface area contributed by atoms with E-state index in [1.54, 1.807) is 11.3 Å². The van der Waals surface area contributed by atoms with Crippen LogP contribution in [0, 0.1) is 0 Å². The molecule has 78 valence electrons. The molecule has 1 heterocycles. The Balaban J connectivity index is 2.74. The summed E-state index contributed by atoms with van der Waals surface area (Å²) < 4.78 is 0. The smallest absolute Gasteiger partial charge is 0.254 e. The van der Waals surface area contributed by atoms with Crippen LogP contribution in [0.25, 0.3) is 0 Å². The summed E-state index contributed by atoms with van der Waals surface area (Å²) in [4.78, 5) is 13.8. The zero-order chi connectivity index (χ0) is 10.6. The van der Waals surface area contributed by atoms with E-state index in [-0.39, 0.29) is 11.9 Å². The Morgan fingerprint density at radius 2 is 2.36 bits per heavy atom. The van der Waals surface area contributed by atoms with E-state index in [1.807, 2.05) is 35.6 Å². The maximum atomic E-state index is 11.9. The molecule has 14 heavy (non-hydrogen) atoms. The quantitative estimate of drug-likeness (QED) is 0.774. The molecule has 0 aliphatic heterocycles. The molecule has 0 aliphatic carbocycles. The number of hydrogen-bond donors (Lipinski definition) is 0. The lowest BCUT2D eigenvalue weighted by atomic mass is 10.2. The van der Waals surface area contributed by atoms with Crippen LogP contribution < -0.4 is 0 Å². The standard InChI is InChI=1S/C10H14BrNOS/c1-8(2)12(5-4-11)10(13)9-3-6-14-7-9/h3,6-8H,4-5H2,1-2H3. The lowest BCUT2D eigenvalue weighted by Crippen LogP contribution is -2.38. The van der Waals surface area contributed by atoms with Crippen molar-refractivity contribution in [3.63, 3.8) is 0 Å². The van der Waals surface area contributed by atoms with E-state index in [2.05, 4.69) is 15.9 Å². The fraction of sp³-hybridized carbons (Fsp3) is 0.500. The van der Waals surface area contributed by atoms with E-state index < -0.39 is 0 Å². The summed E-state index contributed by atoms with van der Waals surface area (Å²) >= 11 is 4.91. The third kappa shape index (κ3) is 2.82. The van der Waals surface area contributed by atoms with Gasteiger partial charge in [-0.15, -0.1) is 0 Å². The van der Waals surface area contributed by atoms with Gasteiger partial charge in [0.1, 0.15) is 0 Å². The molecular formula is C10H14BrNOS. The topological polar surface area (TPSA) is 20.3 Å². The molecule has 0 radical (unpaired) electrons. The number of halogens is 1. The molecular weight excluding hydrogens is 262 g/mol. The van der Waals surface area contributed by atoms with Crippen molar-refractivity contribution in [2.45, 2.75) is 19.9 Å². The van der Waals surface area contributed by atoms with E-state index in [4.69, 9.17) is 0 Å². The van der Waals surface area contributed by atoms with Crippen molar-refractivity contribution in [3.8, 4) is 0 Å². The molecule has 1 rings (SSSR count). The van der Waals surface area contributed by atoms with Crippen molar-refractivity contribution in [3.05, 3.63) is 22.4 Å². The van der Waals surface area contributed by atoms with Gasteiger partial charge >= 0.3 is 0 Å². The van der Waals surface area contributed by atoms with E-state index in [0.29, 0.717) is 0 Å². The van der Waals surface area contributed by atoms with Crippen LogP contribution in [0.5, 0.6) is 0 Å². The predicted molar refractivity (Wildman–Crippen MR) is 64.3 cm³/mol. The van der Waals surface area contributed by atoms with Gasteiger partial charge in [0.2, 0.25) is 0 Å². The first-order valence-electron chi connectivity index (χ1n) is 4.56. The van der Waals surface area contributed by atoms with Crippen LogP contribution in [0.2, 0.25) is 0 Å². The largest absolute Gasteiger partial charge is 0.335 e. The Hall–Kier alpha value is -0.350. The zero-order valence-corrected chi connectivity index (χ0v) is 10.8. The molecule has 0 aromatic carbocycles. The number of amides is 1. The van der Waals surface area contributed by atoms with Gasteiger partial charge in [-0.2, -0.15) is 11.3 Å². The van der Waals surface area contributed by atoms with Crippen LogP contribution >= 0.6 is 27.3 Å². The molecule has 0 unspecified atom stereocenters. The Morgan fingerprint density at radius 1 is 1.64 bits per heavy atom. The summed E-state index contributed by atoms with van der Waals surface area (Å²) in [5, 5.41) is 4.65. The van der Waals surface area contributed by atoms with Crippen LogP contribution in [0.4, 0.5) is 0 Å². The average Bonchev–Trinajstić information content (AvgIpc) is 2.65. The van der Waals surface area contributed by atoms with Crippen LogP contribution in [-0.2, 0) is 0 Å². The normalized spacial score (nSPS) is 10.6. The van der Waals surface area contributed by atoms with Crippen molar-refractivity contribution in [2.24, 2.45) is 0 Å². The lowest BCUT2D eigenvalue weighted by molar-refractivity contribution is 0.0720. The highest BCUT2D eigenvalue weighted by Gasteiger charge is 2.17. The highest BCUT2D eigenvalue weighted by atomic mass is 79.9. The second-order valence-corrected chi connectivity index (χ2v) is 4.87. The van der Waals surface area contributed by atoms with Gasteiger partial charge in [0.15, 0.2) is 0 Å². The van der Waals surface area contributed by atoms with Gasteiger partial charge in [0.25, 0.3) is 5.91 Å². The molecule has 1 aromatic heterocycles. The van der Waals surface area contributed by atoms with E-state index in [9.17, 15) is 4.79 Å². The number of carbonyl (C=O) groups excluding carboxylic acids is 1. The molecule has 0 fully saturated rings. The highest BCUT2D eigenvalue weighted by Crippen LogP contribution is 2.12. The minimum atomic E-state index is 0.126. The van der Waals surface area contributed by atoms with Gasteiger partial charge in [0, 0.05) is 23.3 Å². The molecule has 1 aromatic rings. The van der Waals surface area contributed by atoms with E-state index in [1.165, 1.54) is 0 Å². The Labute approximate surface area is 97.1 Å². The minimum Gasteiger partial charge on any atom is -0.335 e. The molecule has 0 atom stereocenters. The van der Waals surface area contributed by atoms with Crippen LogP contribution in [0.3, 0.4) is 0 Å². The van der Waals surface area contributed by atoms with Gasteiger partial charge in [0.05, 0.1) is 5.56 Å². The first-order valence-corrected chi connectivity index (χ1v) is 6.62. The van der Waals surface area contributed by atoms with Crippen molar-refractivity contribution < 1.29 is 4.79 Å². The predicted octanol–water partition coefficient (Wildman–Crippen LogP) is 2.99. The SMILES string of the molecule is CC(C)N(CCBr)C(=O)c1ccsc1. The summed E-state index contributed by atoms with van der Waals surface area (Å²) in [7, 11) is 0. The number of nitrogens with zero attached hydrogens (tertiary/aromatic N) is 1. The first-order chi connectivity index (χ1) is 6.66. The fourth-order valence-electron chi connectivity index (χ4n) is 1.24. The molecule has 0 bridgehead atoms. The zero-order valence-electron chi connectivity index (χ0n) is 8.37. The van der Waals surface area contributed by atoms with Crippen LogP contribution in [0.1, 0.15) is 24.2 Å². The van der Waals surface area contributed by atoms with Gasteiger partial charge in [-0.25, -0.2) is 0 Å². The summed E-state index contributed by atoms with van der Waals surface area (Å²) in [5.41, 5.74) is 0.796. The second kappa shape index (κ2) is 5.51. The minimum absolute atomic E-state index is 0.126. The molecule has 4 heteroatoms. The van der Waals surface area contributed by atoms with Gasteiger partial charge in [-0.05, 0) is 25.3 Å². The summed E-state index contributed by atoms with van der Waals surface area (Å²) in [6, 6.07) is 2.12. The maximum Gasteiger partial charge on any atom is 0.254 e. The highest BCUT2D eigenvalue weighted by molar-refractivity contribution is 9.09. The van der Waals surface area contributed by atoms with Crippen molar-refractivity contribution >= 4 is 33.2 Å². The first kappa shape index (κ1) is 11.7. The molecule has 0 saturated carbocycles. The summed E-state index contributed by atoms with van der Waals surface area (Å²) in [5.74, 6) is 0.126. The maximum absolute atomic E-state index is 11.9. The fourth-order valence-corrected chi connectivity index (χ4v) is 2.25. The molecule has 1 amide bonds. The Bertz CT molecular complexity index is 284. The molecule has 2 nitrogen and oxygen atoms in total. The van der Waals surface area contributed by atoms with Crippen molar-refractivity contribution in [2.75, 3.05) is 11.9 Å². The second-order valence-electron chi connectivity index (χ2n) is 3.29. The van der Waals surface area contributed by atoms with Gasteiger partial charge in [-0.3, -0.25) is 4.79 Å². The number of alkyl halides is 1. The monoisotopic (exact) mass is 275 g/mol. The van der Waals surface area contributed by atoms with Crippen molar-refractivity contribution in [1.29, 1.82) is 0 Å². The van der Waals surface area contributed by atoms with E-state index >= 15 is 0 Å². The molecule has 0 N–H and O–H groups in total. The van der Waals surface area contributed by atoms with Gasteiger partial charge < -0.3 is 4.90 Å². The molecule has 0 saturated heterocycles. The molecule has 0 aliphatic rings. The van der Waals surface area contributed by atoms with E-state index in [0.717, 1.165) is 17.4 Å². The summed E-state index contributed by atoms with van der Waals surface area (Å²) in [6.45, 7) is 4.83. The van der Waals surface area contributed by atoms with Gasteiger partial charge in [-0.1, -0.05) is 15.9 Å².